The van der Waals surface area contributed by atoms with Crippen LogP contribution in [0.5, 0.6) is 11.5 Å². The fraction of sp³-hybridized carbons (Fsp3) is 0.182. The molecule has 5 aromatic rings. The number of benzene rings is 2. The number of nitrogens with one attached hydrogen (secondary N) is 2. The Bertz CT molecular complexity index is 1310. The molecule has 0 radical (unpaired) electrons. The van der Waals surface area contributed by atoms with Crippen LogP contribution in [0, 0.1) is 0 Å². The van der Waals surface area contributed by atoms with Crippen LogP contribution in [-0.2, 0) is 6.54 Å². The molecular formula is C22H21N7O2. The minimum atomic E-state index is 0.522. The molecule has 2 aromatic carbocycles. The van der Waals surface area contributed by atoms with Crippen LogP contribution >= 0.6 is 0 Å². The van der Waals surface area contributed by atoms with Gasteiger partial charge in [0.05, 0.1) is 19.2 Å². The molecule has 31 heavy (non-hydrogen) atoms. The van der Waals surface area contributed by atoms with E-state index in [1.54, 1.807) is 24.4 Å². The summed E-state index contributed by atoms with van der Waals surface area (Å²) in [6, 6.07) is 11.9. The Balaban J connectivity index is 1.37. The zero-order chi connectivity index (χ0) is 21.0. The van der Waals surface area contributed by atoms with Crippen molar-refractivity contribution in [3.8, 4) is 11.5 Å². The van der Waals surface area contributed by atoms with Crippen molar-refractivity contribution in [3.05, 3.63) is 61.6 Å². The van der Waals surface area contributed by atoms with Gasteiger partial charge in [-0.2, -0.15) is 5.10 Å². The number of ether oxygens (including phenoxy) is 2. The first-order valence-corrected chi connectivity index (χ1v) is 9.92. The van der Waals surface area contributed by atoms with Crippen molar-refractivity contribution in [2.75, 3.05) is 19.0 Å². The number of hydrogen-bond donors (Lipinski definition) is 2. The van der Waals surface area contributed by atoms with Crippen LogP contribution in [0.3, 0.4) is 0 Å². The molecular weight excluding hydrogens is 394 g/mol. The zero-order valence-electron chi connectivity index (χ0n) is 16.9. The second-order valence-corrected chi connectivity index (χ2v) is 7.01. The lowest BCUT2D eigenvalue weighted by Crippen LogP contribution is -2.06. The molecule has 5 rings (SSSR count). The topological polar surface area (TPSA) is 103 Å². The lowest BCUT2D eigenvalue weighted by molar-refractivity contribution is 0.281. The normalized spacial score (nSPS) is 11.1. The second kappa shape index (κ2) is 8.31. The summed E-state index contributed by atoms with van der Waals surface area (Å²) in [5, 5.41) is 9.46. The molecule has 0 aliphatic heterocycles. The Hall–Kier alpha value is -4.14. The van der Waals surface area contributed by atoms with Crippen LogP contribution in [0.2, 0.25) is 0 Å². The van der Waals surface area contributed by atoms with E-state index in [0.29, 0.717) is 23.9 Å². The van der Waals surface area contributed by atoms with Gasteiger partial charge in [-0.1, -0.05) is 0 Å². The number of aryl methyl sites for hydroxylation is 1. The van der Waals surface area contributed by atoms with Gasteiger partial charge in [0.1, 0.15) is 24.8 Å². The Morgan fingerprint density at radius 2 is 2.03 bits per heavy atom. The maximum absolute atomic E-state index is 5.96. The van der Waals surface area contributed by atoms with Crippen LogP contribution in [0.15, 0.2) is 61.6 Å². The van der Waals surface area contributed by atoms with E-state index in [1.165, 1.54) is 6.33 Å². The third-order valence-electron chi connectivity index (χ3n) is 4.99. The van der Waals surface area contributed by atoms with Gasteiger partial charge in [-0.3, -0.25) is 4.68 Å². The minimum Gasteiger partial charge on any atom is -0.493 e. The van der Waals surface area contributed by atoms with E-state index in [-0.39, 0.29) is 0 Å². The molecule has 2 N–H and O–H groups in total. The molecule has 0 aliphatic carbocycles. The van der Waals surface area contributed by atoms with Gasteiger partial charge in [-0.25, -0.2) is 15.0 Å². The van der Waals surface area contributed by atoms with Crippen molar-refractivity contribution in [1.29, 1.82) is 0 Å². The summed E-state index contributed by atoms with van der Waals surface area (Å²) >= 11 is 0. The highest BCUT2D eigenvalue weighted by atomic mass is 16.5. The number of rotatable bonds is 8. The molecule has 156 valence electrons. The highest BCUT2D eigenvalue weighted by molar-refractivity contribution is 5.94. The lowest BCUT2D eigenvalue weighted by Gasteiger charge is -2.14. The van der Waals surface area contributed by atoms with Gasteiger partial charge in [0.15, 0.2) is 11.5 Å². The Labute approximate surface area is 178 Å². The molecule has 0 bridgehead atoms. The highest BCUT2D eigenvalue weighted by Crippen LogP contribution is 2.35. The van der Waals surface area contributed by atoms with Gasteiger partial charge in [0.2, 0.25) is 0 Å². The van der Waals surface area contributed by atoms with Crippen LogP contribution in [0.25, 0.3) is 21.8 Å². The monoisotopic (exact) mass is 415 g/mol. The number of fused-ring (bicyclic) bond motifs is 2. The van der Waals surface area contributed by atoms with Crippen molar-refractivity contribution < 1.29 is 9.47 Å². The summed E-state index contributed by atoms with van der Waals surface area (Å²) in [4.78, 5) is 16.0. The molecule has 0 unspecified atom stereocenters. The molecule has 9 heteroatoms. The molecule has 0 amide bonds. The Morgan fingerprint density at radius 3 is 2.90 bits per heavy atom. The number of aromatic amines is 1. The quantitative estimate of drug-likeness (QED) is 0.370. The first-order valence-electron chi connectivity index (χ1n) is 9.92. The summed E-state index contributed by atoms with van der Waals surface area (Å²) in [6.45, 7) is 1.26. The molecule has 0 saturated heterocycles. The molecule has 0 fully saturated rings. The summed E-state index contributed by atoms with van der Waals surface area (Å²) < 4.78 is 13.3. The highest BCUT2D eigenvalue weighted by Gasteiger charge is 2.12. The van der Waals surface area contributed by atoms with E-state index in [1.807, 2.05) is 36.5 Å². The maximum atomic E-state index is 5.96. The van der Waals surface area contributed by atoms with Crippen molar-refractivity contribution in [2.45, 2.75) is 13.0 Å². The molecule has 0 aliphatic rings. The van der Waals surface area contributed by atoms with Gasteiger partial charge < -0.3 is 19.8 Å². The van der Waals surface area contributed by atoms with Gasteiger partial charge in [0.25, 0.3) is 0 Å². The number of H-pyrrole nitrogens is 1. The summed E-state index contributed by atoms with van der Waals surface area (Å²) in [5.74, 6) is 1.98. The van der Waals surface area contributed by atoms with Gasteiger partial charge in [0, 0.05) is 47.2 Å². The number of methoxy groups -OCH3 is 1. The van der Waals surface area contributed by atoms with Crippen molar-refractivity contribution in [2.24, 2.45) is 0 Å². The van der Waals surface area contributed by atoms with Crippen molar-refractivity contribution in [3.63, 3.8) is 0 Å². The summed E-state index contributed by atoms with van der Waals surface area (Å²) in [5.41, 5.74) is 2.80. The third kappa shape index (κ3) is 3.97. The predicted octanol–water partition coefficient (Wildman–Crippen LogP) is 3.92. The minimum absolute atomic E-state index is 0.522. The van der Waals surface area contributed by atoms with Crippen molar-refractivity contribution in [1.82, 2.24) is 29.7 Å². The number of nitrogens with zero attached hydrogens (tertiary/aromatic N) is 5. The van der Waals surface area contributed by atoms with Gasteiger partial charge in [-0.15, -0.1) is 0 Å². The fourth-order valence-electron chi connectivity index (χ4n) is 3.46. The third-order valence-corrected chi connectivity index (χ3v) is 4.99. The lowest BCUT2D eigenvalue weighted by atomic mass is 10.2. The largest absolute Gasteiger partial charge is 0.493 e. The van der Waals surface area contributed by atoms with E-state index in [2.05, 4.69) is 36.4 Å². The second-order valence-electron chi connectivity index (χ2n) is 7.01. The van der Waals surface area contributed by atoms with E-state index in [4.69, 9.17) is 9.47 Å². The van der Waals surface area contributed by atoms with Crippen LogP contribution in [0.4, 0.5) is 11.5 Å². The number of hydrogen-bond acceptors (Lipinski definition) is 7. The van der Waals surface area contributed by atoms with Gasteiger partial charge in [-0.05, 0) is 30.3 Å². The molecule has 9 nitrogen and oxygen atoms in total. The van der Waals surface area contributed by atoms with E-state index in [0.717, 1.165) is 40.5 Å². The molecule has 3 heterocycles. The first kappa shape index (κ1) is 18.9. The van der Waals surface area contributed by atoms with Crippen LogP contribution in [-0.4, -0.2) is 43.4 Å². The average Bonchev–Trinajstić information content (AvgIpc) is 3.48. The molecule has 0 spiro atoms. The fourth-order valence-corrected chi connectivity index (χ4v) is 3.46. The SMILES string of the molecule is COc1cc2c(Nc3ccc4[nH]ccc4c3)ncnc2cc1OCCCn1cncn1. The Morgan fingerprint density at radius 1 is 1.06 bits per heavy atom. The van der Waals surface area contributed by atoms with E-state index in [9.17, 15) is 0 Å². The standard InChI is InChI=1S/C22H21N7O2/c1-30-20-10-17-19(11-21(20)31-8-2-7-29-14-23-12-27-29)25-13-26-22(17)28-16-3-4-18-15(9-16)5-6-24-18/h3-6,9-14,24H,2,7-8H2,1H3,(H,25,26,28). The maximum Gasteiger partial charge on any atom is 0.163 e. The van der Waals surface area contributed by atoms with Crippen LogP contribution < -0.4 is 14.8 Å². The molecule has 3 aromatic heterocycles. The number of anilines is 2. The average molecular weight is 415 g/mol. The smallest absolute Gasteiger partial charge is 0.163 e. The van der Waals surface area contributed by atoms with E-state index >= 15 is 0 Å². The van der Waals surface area contributed by atoms with Crippen LogP contribution in [0.1, 0.15) is 6.42 Å². The van der Waals surface area contributed by atoms with Gasteiger partial charge >= 0.3 is 0 Å². The molecule has 0 atom stereocenters. The summed E-state index contributed by atoms with van der Waals surface area (Å²) in [7, 11) is 1.63. The zero-order valence-corrected chi connectivity index (χ0v) is 16.9. The van der Waals surface area contributed by atoms with E-state index < -0.39 is 0 Å². The predicted molar refractivity (Wildman–Crippen MR) is 118 cm³/mol. The van der Waals surface area contributed by atoms with Crippen molar-refractivity contribution >= 4 is 33.3 Å². The summed E-state index contributed by atoms with van der Waals surface area (Å²) in [6.07, 6.45) is 7.47. The number of aromatic nitrogens is 6. The molecule has 0 saturated carbocycles. The Kier molecular flexibility index (Phi) is 5.05. The first-order chi connectivity index (χ1) is 15.3.